The Hall–Kier alpha value is -2.35. The molecule has 1 aliphatic heterocycles. The number of aliphatic carboxylic acids is 1. The van der Waals surface area contributed by atoms with Crippen molar-refractivity contribution in [1.82, 2.24) is 9.88 Å². The standard InChI is InChI=1S/C10H8ClN3O5/c11-5-1-2-7(12-3-5)13-9(17)14-4-6(8(15)16)19-10(14)18/h1-3,6H,4H2,(H,15,16)(H,12,13,17). The molecular formula is C10H8ClN3O5. The van der Waals surface area contributed by atoms with Gasteiger partial charge in [0, 0.05) is 6.20 Å². The highest BCUT2D eigenvalue weighted by Gasteiger charge is 2.39. The molecule has 0 radical (unpaired) electrons. The summed E-state index contributed by atoms with van der Waals surface area (Å²) in [4.78, 5) is 38.1. The Labute approximate surface area is 111 Å². The molecule has 0 aromatic carbocycles. The van der Waals surface area contributed by atoms with E-state index in [2.05, 4.69) is 15.0 Å². The monoisotopic (exact) mass is 285 g/mol. The number of anilines is 1. The average molecular weight is 286 g/mol. The number of aromatic nitrogens is 1. The summed E-state index contributed by atoms with van der Waals surface area (Å²) in [6.45, 7) is -0.354. The third kappa shape index (κ3) is 2.91. The SMILES string of the molecule is O=C(O)C1CN(C(=O)Nc2ccc(Cl)cn2)C(=O)O1. The Morgan fingerprint density at radius 2 is 2.26 bits per heavy atom. The lowest BCUT2D eigenvalue weighted by molar-refractivity contribution is -0.144. The van der Waals surface area contributed by atoms with E-state index in [9.17, 15) is 14.4 Å². The number of ether oxygens (including phenoxy) is 1. The molecule has 1 saturated heterocycles. The van der Waals surface area contributed by atoms with Crippen LogP contribution in [0.3, 0.4) is 0 Å². The number of hydrogen-bond donors (Lipinski definition) is 2. The van der Waals surface area contributed by atoms with Gasteiger partial charge in [-0.15, -0.1) is 0 Å². The van der Waals surface area contributed by atoms with Gasteiger partial charge in [-0.25, -0.2) is 24.3 Å². The zero-order valence-corrected chi connectivity index (χ0v) is 10.1. The molecule has 8 nitrogen and oxygen atoms in total. The lowest BCUT2D eigenvalue weighted by atomic mass is 10.3. The van der Waals surface area contributed by atoms with Crippen LogP contribution in [0.15, 0.2) is 18.3 Å². The first-order chi connectivity index (χ1) is 8.97. The van der Waals surface area contributed by atoms with Crippen LogP contribution in [-0.4, -0.2) is 45.7 Å². The van der Waals surface area contributed by atoms with Gasteiger partial charge in [-0.2, -0.15) is 0 Å². The van der Waals surface area contributed by atoms with E-state index >= 15 is 0 Å². The molecule has 19 heavy (non-hydrogen) atoms. The van der Waals surface area contributed by atoms with Gasteiger partial charge in [0.05, 0.1) is 11.6 Å². The molecule has 1 aromatic heterocycles. The predicted octanol–water partition coefficient (Wildman–Crippen LogP) is 1.17. The molecule has 0 saturated carbocycles. The van der Waals surface area contributed by atoms with Crippen molar-refractivity contribution in [3.05, 3.63) is 23.4 Å². The van der Waals surface area contributed by atoms with Gasteiger partial charge in [-0.05, 0) is 12.1 Å². The minimum absolute atomic E-state index is 0.181. The van der Waals surface area contributed by atoms with Crippen molar-refractivity contribution >= 4 is 35.5 Å². The highest BCUT2D eigenvalue weighted by molar-refractivity contribution is 6.30. The van der Waals surface area contributed by atoms with Crippen LogP contribution in [0.25, 0.3) is 0 Å². The number of carboxylic acid groups (broad SMARTS) is 1. The first kappa shape index (κ1) is 13.1. The number of nitrogens with one attached hydrogen (secondary N) is 1. The summed E-state index contributed by atoms with van der Waals surface area (Å²) < 4.78 is 4.50. The van der Waals surface area contributed by atoms with Gasteiger partial charge in [0.25, 0.3) is 0 Å². The minimum atomic E-state index is -1.35. The predicted molar refractivity (Wildman–Crippen MR) is 62.9 cm³/mol. The van der Waals surface area contributed by atoms with Crippen LogP contribution in [0.2, 0.25) is 5.02 Å². The molecule has 3 amide bonds. The van der Waals surface area contributed by atoms with Crippen LogP contribution in [0.1, 0.15) is 0 Å². The number of carboxylic acids is 1. The van der Waals surface area contributed by atoms with Crippen LogP contribution in [0.4, 0.5) is 15.4 Å². The van der Waals surface area contributed by atoms with Crippen LogP contribution in [0, 0.1) is 0 Å². The Bertz CT molecular complexity index is 532. The number of carbonyl (C=O) groups is 3. The molecule has 100 valence electrons. The van der Waals surface area contributed by atoms with Crippen molar-refractivity contribution in [2.24, 2.45) is 0 Å². The first-order valence-corrected chi connectivity index (χ1v) is 5.48. The van der Waals surface area contributed by atoms with Crippen LogP contribution < -0.4 is 5.32 Å². The largest absolute Gasteiger partial charge is 0.478 e. The second-order valence-electron chi connectivity index (χ2n) is 3.61. The molecule has 2 heterocycles. The molecule has 1 fully saturated rings. The van der Waals surface area contributed by atoms with Gasteiger partial charge in [0.15, 0.2) is 0 Å². The Balaban J connectivity index is 2.02. The highest BCUT2D eigenvalue weighted by Crippen LogP contribution is 2.14. The lowest BCUT2D eigenvalue weighted by Crippen LogP contribution is -2.37. The molecule has 2 rings (SSSR count). The van der Waals surface area contributed by atoms with E-state index in [0.29, 0.717) is 9.92 Å². The van der Waals surface area contributed by atoms with Crippen molar-refractivity contribution < 1.29 is 24.2 Å². The lowest BCUT2D eigenvalue weighted by Gasteiger charge is -2.11. The van der Waals surface area contributed by atoms with Gasteiger partial charge in [-0.1, -0.05) is 11.6 Å². The number of pyridine rings is 1. The van der Waals surface area contributed by atoms with Gasteiger partial charge in [0.1, 0.15) is 5.82 Å². The number of amides is 3. The molecule has 1 aromatic rings. The highest BCUT2D eigenvalue weighted by atomic mass is 35.5. The Morgan fingerprint density at radius 1 is 1.53 bits per heavy atom. The maximum atomic E-state index is 11.7. The molecule has 1 atom stereocenters. The van der Waals surface area contributed by atoms with E-state index in [1.54, 1.807) is 0 Å². The second kappa shape index (κ2) is 5.11. The zero-order valence-electron chi connectivity index (χ0n) is 9.37. The number of nitrogens with zero attached hydrogens (tertiary/aromatic N) is 2. The van der Waals surface area contributed by atoms with E-state index in [4.69, 9.17) is 16.7 Å². The van der Waals surface area contributed by atoms with E-state index in [0.717, 1.165) is 0 Å². The number of cyclic esters (lactones) is 1. The van der Waals surface area contributed by atoms with Crippen LogP contribution in [-0.2, 0) is 9.53 Å². The first-order valence-electron chi connectivity index (χ1n) is 5.11. The zero-order chi connectivity index (χ0) is 14.0. The van der Waals surface area contributed by atoms with Crippen molar-refractivity contribution in [1.29, 1.82) is 0 Å². The molecule has 1 unspecified atom stereocenters. The fourth-order valence-corrected chi connectivity index (χ4v) is 1.50. The summed E-state index contributed by atoms with van der Waals surface area (Å²) in [6.07, 6.45) is -1.05. The van der Waals surface area contributed by atoms with Crippen LogP contribution >= 0.6 is 11.6 Å². The van der Waals surface area contributed by atoms with Crippen molar-refractivity contribution in [3.63, 3.8) is 0 Å². The summed E-state index contributed by atoms with van der Waals surface area (Å²) in [6, 6.07) is 2.13. The normalized spacial score (nSPS) is 18.1. The van der Waals surface area contributed by atoms with Gasteiger partial charge in [0.2, 0.25) is 6.10 Å². The number of halogens is 1. The van der Waals surface area contributed by atoms with Crippen LogP contribution in [0.5, 0.6) is 0 Å². The number of rotatable bonds is 2. The molecular weight excluding hydrogens is 278 g/mol. The van der Waals surface area contributed by atoms with Gasteiger partial charge >= 0.3 is 18.1 Å². The molecule has 2 N–H and O–H groups in total. The fraction of sp³-hybridized carbons (Fsp3) is 0.200. The maximum Gasteiger partial charge on any atom is 0.419 e. The number of imide groups is 1. The topological polar surface area (TPSA) is 109 Å². The molecule has 9 heteroatoms. The average Bonchev–Trinajstić information content (AvgIpc) is 2.74. The van der Waals surface area contributed by atoms with Gasteiger partial charge < -0.3 is 9.84 Å². The summed E-state index contributed by atoms with van der Waals surface area (Å²) in [5.74, 6) is -1.13. The Morgan fingerprint density at radius 3 is 2.79 bits per heavy atom. The smallest absolute Gasteiger partial charge is 0.419 e. The van der Waals surface area contributed by atoms with E-state index in [1.807, 2.05) is 0 Å². The van der Waals surface area contributed by atoms with E-state index in [1.165, 1.54) is 18.3 Å². The molecule has 0 bridgehead atoms. The van der Waals surface area contributed by atoms with Crippen molar-refractivity contribution in [3.8, 4) is 0 Å². The third-order valence-corrected chi connectivity index (χ3v) is 2.52. The summed E-state index contributed by atoms with van der Waals surface area (Å²) in [5.41, 5.74) is 0. The molecule has 1 aliphatic rings. The number of carbonyl (C=O) groups excluding carboxylic acids is 2. The minimum Gasteiger partial charge on any atom is -0.478 e. The summed E-state index contributed by atoms with van der Waals surface area (Å²) in [7, 11) is 0. The quantitative estimate of drug-likeness (QED) is 0.844. The van der Waals surface area contributed by atoms with Crippen molar-refractivity contribution in [2.45, 2.75) is 6.10 Å². The fourth-order valence-electron chi connectivity index (χ4n) is 1.38. The molecule has 0 spiro atoms. The van der Waals surface area contributed by atoms with E-state index < -0.39 is 24.2 Å². The third-order valence-electron chi connectivity index (χ3n) is 2.29. The summed E-state index contributed by atoms with van der Waals surface area (Å²) in [5, 5.41) is 11.4. The maximum absolute atomic E-state index is 11.7. The molecule has 0 aliphatic carbocycles. The van der Waals surface area contributed by atoms with E-state index in [-0.39, 0.29) is 12.4 Å². The van der Waals surface area contributed by atoms with Crippen molar-refractivity contribution in [2.75, 3.05) is 11.9 Å². The Kier molecular flexibility index (Phi) is 3.52. The number of urea groups is 1. The second-order valence-corrected chi connectivity index (χ2v) is 4.05. The summed E-state index contributed by atoms with van der Waals surface area (Å²) >= 11 is 5.63. The number of hydrogen-bond acceptors (Lipinski definition) is 5. The van der Waals surface area contributed by atoms with Gasteiger partial charge in [-0.3, -0.25) is 5.32 Å².